The Morgan fingerprint density at radius 3 is 2.88 bits per heavy atom. The van der Waals surface area contributed by atoms with E-state index in [-0.39, 0.29) is 5.15 Å². The van der Waals surface area contributed by atoms with Crippen LogP contribution in [0.4, 0.5) is 5.82 Å². The van der Waals surface area contributed by atoms with Crippen molar-refractivity contribution < 1.29 is 4.79 Å². The Morgan fingerprint density at radius 2 is 2.29 bits per heavy atom. The molecule has 1 atom stereocenters. The number of rotatable bonds is 3. The number of aldehydes is 1. The summed E-state index contributed by atoms with van der Waals surface area (Å²) in [5.74, 6) is 1.98. The highest BCUT2D eigenvalue weighted by molar-refractivity contribution is 6.32. The number of halogens is 1. The SMILES string of the molecule is CCC1CCN(c2nc(C)nc(Cl)c2C=O)C1. The second kappa shape index (κ2) is 5.00. The third kappa shape index (κ3) is 2.41. The number of hydrogen-bond acceptors (Lipinski definition) is 4. The van der Waals surface area contributed by atoms with Gasteiger partial charge in [0.2, 0.25) is 0 Å². The second-order valence-electron chi connectivity index (χ2n) is 4.43. The molecule has 1 aliphatic heterocycles. The Kier molecular flexibility index (Phi) is 3.62. The van der Waals surface area contributed by atoms with Crippen LogP contribution in [0.5, 0.6) is 0 Å². The molecule has 0 aliphatic carbocycles. The summed E-state index contributed by atoms with van der Waals surface area (Å²) in [5, 5.41) is 0.252. The van der Waals surface area contributed by atoms with Gasteiger partial charge in [0.25, 0.3) is 0 Å². The fraction of sp³-hybridized carbons (Fsp3) is 0.583. The molecule has 92 valence electrons. The smallest absolute Gasteiger partial charge is 0.156 e. The number of carbonyl (C=O) groups excluding carboxylic acids is 1. The fourth-order valence-corrected chi connectivity index (χ4v) is 2.49. The standard InChI is InChI=1S/C12H16ClN3O/c1-3-9-4-5-16(6-9)12-10(7-17)11(13)14-8(2)15-12/h7,9H,3-6H2,1-2H3. The number of hydrogen-bond donors (Lipinski definition) is 0. The van der Waals surface area contributed by atoms with E-state index in [4.69, 9.17) is 11.6 Å². The van der Waals surface area contributed by atoms with Gasteiger partial charge >= 0.3 is 0 Å². The molecule has 0 aromatic carbocycles. The third-order valence-corrected chi connectivity index (χ3v) is 3.56. The van der Waals surface area contributed by atoms with Gasteiger partial charge in [-0.2, -0.15) is 0 Å². The van der Waals surface area contributed by atoms with E-state index in [0.29, 0.717) is 23.1 Å². The van der Waals surface area contributed by atoms with Gasteiger partial charge in [-0.15, -0.1) is 0 Å². The predicted octanol–water partition coefficient (Wildman–Crippen LogP) is 2.49. The van der Waals surface area contributed by atoms with Crippen molar-refractivity contribution in [3.8, 4) is 0 Å². The molecule has 1 fully saturated rings. The topological polar surface area (TPSA) is 46.1 Å². The van der Waals surface area contributed by atoms with E-state index in [2.05, 4.69) is 21.8 Å². The molecule has 2 rings (SSSR count). The van der Waals surface area contributed by atoms with Gasteiger partial charge in [0, 0.05) is 13.1 Å². The normalized spacial score (nSPS) is 19.7. The zero-order valence-electron chi connectivity index (χ0n) is 10.1. The summed E-state index contributed by atoms with van der Waals surface area (Å²) < 4.78 is 0. The van der Waals surface area contributed by atoms with Gasteiger partial charge in [-0.3, -0.25) is 4.79 Å². The first-order valence-corrected chi connectivity index (χ1v) is 6.27. The van der Waals surface area contributed by atoms with Crippen LogP contribution >= 0.6 is 11.6 Å². The second-order valence-corrected chi connectivity index (χ2v) is 4.78. The Bertz CT molecular complexity index is 436. The zero-order valence-corrected chi connectivity index (χ0v) is 10.9. The predicted molar refractivity (Wildman–Crippen MR) is 67.8 cm³/mol. The highest BCUT2D eigenvalue weighted by Crippen LogP contribution is 2.28. The molecule has 1 aromatic heterocycles. The lowest BCUT2D eigenvalue weighted by atomic mass is 10.1. The lowest BCUT2D eigenvalue weighted by Gasteiger charge is -2.19. The van der Waals surface area contributed by atoms with Crippen molar-refractivity contribution in [3.63, 3.8) is 0 Å². The van der Waals surface area contributed by atoms with E-state index in [0.717, 1.165) is 32.2 Å². The van der Waals surface area contributed by atoms with E-state index in [1.165, 1.54) is 0 Å². The van der Waals surface area contributed by atoms with Gasteiger partial charge < -0.3 is 4.90 Å². The molecule has 0 spiro atoms. The Labute approximate surface area is 106 Å². The monoisotopic (exact) mass is 253 g/mol. The molecule has 4 nitrogen and oxygen atoms in total. The highest BCUT2D eigenvalue weighted by Gasteiger charge is 2.25. The molecule has 1 saturated heterocycles. The summed E-state index contributed by atoms with van der Waals surface area (Å²) in [6.07, 6.45) is 3.05. The number of aromatic nitrogens is 2. The van der Waals surface area contributed by atoms with Crippen molar-refractivity contribution in [1.29, 1.82) is 0 Å². The molecule has 0 amide bonds. The van der Waals surface area contributed by atoms with Crippen LogP contribution in [0.1, 0.15) is 35.9 Å². The Morgan fingerprint density at radius 1 is 1.53 bits per heavy atom. The maximum absolute atomic E-state index is 11.1. The van der Waals surface area contributed by atoms with Crippen molar-refractivity contribution in [2.24, 2.45) is 5.92 Å². The molecule has 0 bridgehead atoms. The first-order chi connectivity index (χ1) is 8.15. The van der Waals surface area contributed by atoms with Crippen LogP contribution in [-0.2, 0) is 0 Å². The first kappa shape index (κ1) is 12.3. The van der Waals surface area contributed by atoms with Crippen molar-refractivity contribution in [3.05, 3.63) is 16.5 Å². The zero-order chi connectivity index (χ0) is 12.4. The van der Waals surface area contributed by atoms with Gasteiger partial charge in [0.05, 0.1) is 5.56 Å². The summed E-state index contributed by atoms with van der Waals surface area (Å²) in [7, 11) is 0. The number of nitrogens with zero attached hydrogens (tertiary/aromatic N) is 3. The largest absolute Gasteiger partial charge is 0.356 e. The van der Waals surface area contributed by atoms with Gasteiger partial charge in [-0.1, -0.05) is 24.9 Å². The molecule has 0 radical (unpaired) electrons. The molecule has 17 heavy (non-hydrogen) atoms. The third-order valence-electron chi connectivity index (χ3n) is 3.27. The van der Waals surface area contributed by atoms with Crippen LogP contribution in [0, 0.1) is 12.8 Å². The number of anilines is 1. The van der Waals surface area contributed by atoms with Crippen LogP contribution in [-0.4, -0.2) is 29.3 Å². The maximum atomic E-state index is 11.1. The minimum absolute atomic E-state index is 0.252. The van der Waals surface area contributed by atoms with Crippen LogP contribution in [0.25, 0.3) is 0 Å². The number of carbonyl (C=O) groups is 1. The van der Waals surface area contributed by atoms with Gasteiger partial charge in [-0.05, 0) is 19.3 Å². The minimum atomic E-state index is 0.252. The van der Waals surface area contributed by atoms with Crippen molar-refractivity contribution in [1.82, 2.24) is 9.97 Å². The summed E-state index contributed by atoms with van der Waals surface area (Å²) >= 11 is 5.97. The Hall–Kier alpha value is -1.16. The molecule has 1 unspecified atom stereocenters. The van der Waals surface area contributed by atoms with Gasteiger partial charge in [0.15, 0.2) is 6.29 Å². The van der Waals surface area contributed by atoms with E-state index in [9.17, 15) is 4.79 Å². The number of aryl methyl sites for hydroxylation is 1. The van der Waals surface area contributed by atoms with Crippen molar-refractivity contribution >= 4 is 23.7 Å². The molecular formula is C12H16ClN3O. The highest BCUT2D eigenvalue weighted by atomic mass is 35.5. The molecular weight excluding hydrogens is 238 g/mol. The Balaban J connectivity index is 2.35. The van der Waals surface area contributed by atoms with Gasteiger partial charge in [-0.25, -0.2) is 9.97 Å². The van der Waals surface area contributed by atoms with E-state index < -0.39 is 0 Å². The van der Waals surface area contributed by atoms with E-state index in [1.54, 1.807) is 6.92 Å². The van der Waals surface area contributed by atoms with Crippen molar-refractivity contribution in [2.45, 2.75) is 26.7 Å². The van der Waals surface area contributed by atoms with Crippen LogP contribution in [0.2, 0.25) is 5.15 Å². The molecule has 2 heterocycles. The lowest BCUT2D eigenvalue weighted by molar-refractivity contribution is 0.112. The van der Waals surface area contributed by atoms with Crippen molar-refractivity contribution in [2.75, 3.05) is 18.0 Å². The first-order valence-electron chi connectivity index (χ1n) is 5.90. The van der Waals surface area contributed by atoms with E-state index >= 15 is 0 Å². The summed E-state index contributed by atoms with van der Waals surface area (Å²) in [6.45, 7) is 5.86. The molecule has 0 N–H and O–H groups in total. The van der Waals surface area contributed by atoms with Crippen LogP contribution < -0.4 is 4.90 Å². The average molecular weight is 254 g/mol. The summed E-state index contributed by atoms with van der Waals surface area (Å²) in [6, 6.07) is 0. The quantitative estimate of drug-likeness (QED) is 0.613. The summed E-state index contributed by atoms with van der Waals surface area (Å²) in [4.78, 5) is 21.6. The van der Waals surface area contributed by atoms with E-state index in [1.807, 2.05) is 0 Å². The lowest BCUT2D eigenvalue weighted by Crippen LogP contribution is -2.23. The van der Waals surface area contributed by atoms with Crippen LogP contribution in [0.15, 0.2) is 0 Å². The molecule has 1 aliphatic rings. The molecule has 5 heteroatoms. The maximum Gasteiger partial charge on any atom is 0.156 e. The summed E-state index contributed by atoms with van der Waals surface area (Å²) in [5.41, 5.74) is 0.411. The average Bonchev–Trinajstić information content (AvgIpc) is 2.76. The molecule has 0 saturated carbocycles. The fourth-order valence-electron chi connectivity index (χ4n) is 2.23. The minimum Gasteiger partial charge on any atom is -0.356 e. The van der Waals surface area contributed by atoms with Crippen LogP contribution in [0.3, 0.4) is 0 Å². The molecule has 1 aromatic rings. The van der Waals surface area contributed by atoms with Gasteiger partial charge in [0.1, 0.15) is 16.8 Å².